The van der Waals surface area contributed by atoms with E-state index >= 15 is 0 Å². The topological polar surface area (TPSA) is 20.3 Å². The van der Waals surface area contributed by atoms with Crippen LogP contribution in [-0.4, -0.2) is 23.9 Å². The maximum Gasteiger partial charge on any atom is 0.266 e. The van der Waals surface area contributed by atoms with Crippen molar-refractivity contribution in [2.24, 2.45) is 0 Å². The molecule has 2 heterocycles. The number of thiophene rings is 1. The van der Waals surface area contributed by atoms with Crippen LogP contribution in [0.2, 0.25) is 0 Å². The van der Waals surface area contributed by atoms with Crippen molar-refractivity contribution in [2.75, 3.05) is 13.1 Å². The lowest BCUT2D eigenvalue weighted by atomic mass is 10.4. The van der Waals surface area contributed by atoms with Gasteiger partial charge in [0.05, 0.1) is 0 Å². The molecule has 13 heavy (non-hydrogen) atoms. The van der Waals surface area contributed by atoms with Gasteiger partial charge in [0.1, 0.15) is 10.7 Å². The molecule has 1 aromatic heterocycles. The highest BCUT2D eigenvalue weighted by atomic mass is 32.1. The highest BCUT2D eigenvalue weighted by molar-refractivity contribution is 7.12. The largest absolute Gasteiger partial charge is 0.338 e. The molecule has 0 radical (unpaired) electrons. The number of rotatable bonds is 1. The van der Waals surface area contributed by atoms with Gasteiger partial charge in [0.15, 0.2) is 0 Å². The van der Waals surface area contributed by atoms with Gasteiger partial charge in [-0.05, 0) is 24.3 Å². The van der Waals surface area contributed by atoms with E-state index < -0.39 is 0 Å². The van der Waals surface area contributed by atoms with Crippen LogP contribution in [0, 0.1) is 5.82 Å². The Balaban J connectivity index is 2.17. The first kappa shape index (κ1) is 8.69. The first-order valence-corrected chi connectivity index (χ1v) is 5.19. The van der Waals surface area contributed by atoms with Crippen molar-refractivity contribution in [3.8, 4) is 0 Å². The van der Waals surface area contributed by atoms with Gasteiger partial charge >= 0.3 is 0 Å². The Morgan fingerprint density at radius 2 is 2.15 bits per heavy atom. The highest BCUT2D eigenvalue weighted by Crippen LogP contribution is 2.19. The number of carbonyl (C=O) groups excluding carboxylic acids is 1. The first-order valence-electron chi connectivity index (χ1n) is 4.31. The number of hydrogen-bond acceptors (Lipinski definition) is 2. The van der Waals surface area contributed by atoms with Crippen LogP contribution in [0.25, 0.3) is 0 Å². The molecule has 1 amide bonds. The molecular formula is C9H10FNOS. The minimum atomic E-state index is -0.387. The van der Waals surface area contributed by atoms with Crippen LogP contribution in [0.3, 0.4) is 0 Å². The molecule has 0 aromatic carbocycles. The second-order valence-corrected chi connectivity index (χ2v) is 4.01. The summed E-state index contributed by atoms with van der Waals surface area (Å²) in [5.41, 5.74) is 0. The van der Waals surface area contributed by atoms with Crippen LogP contribution in [0.5, 0.6) is 0 Å². The van der Waals surface area contributed by atoms with Crippen LogP contribution >= 0.6 is 11.3 Å². The predicted octanol–water partition coefficient (Wildman–Crippen LogP) is 2.12. The molecule has 0 unspecified atom stereocenters. The molecule has 0 saturated carbocycles. The molecule has 2 rings (SSSR count). The second-order valence-electron chi connectivity index (χ2n) is 3.10. The molecule has 1 fully saturated rings. The summed E-state index contributed by atoms with van der Waals surface area (Å²) >= 11 is 1.18. The van der Waals surface area contributed by atoms with Crippen LogP contribution in [-0.2, 0) is 0 Å². The number of carbonyl (C=O) groups is 1. The Labute approximate surface area is 80.0 Å². The molecule has 1 aliphatic heterocycles. The Bertz CT molecular complexity index is 317. The van der Waals surface area contributed by atoms with Gasteiger partial charge in [-0.15, -0.1) is 11.3 Å². The summed E-state index contributed by atoms with van der Waals surface area (Å²) < 4.78 is 13.0. The third-order valence-corrected chi connectivity index (χ3v) is 3.08. The second kappa shape index (κ2) is 3.46. The smallest absolute Gasteiger partial charge is 0.266 e. The van der Waals surface area contributed by atoms with Gasteiger partial charge in [-0.2, -0.15) is 0 Å². The molecule has 1 saturated heterocycles. The van der Waals surface area contributed by atoms with Crippen molar-refractivity contribution in [1.82, 2.24) is 4.90 Å². The van der Waals surface area contributed by atoms with Gasteiger partial charge in [-0.1, -0.05) is 0 Å². The van der Waals surface area contributed by atoms with E-state index in [1.54, 1.807) is 10.3 Å². The average Bonchev–Trinajstić information content (AvgIpc) is 2.72. The SMILES string of the molecule is O=C(c1sccc1F)N1CCCC1. The van der Waals surface area contributed by atoms with E-state index in [2.05, 4.69) is 0 Å². The first-order chi connectivity index (χ1) is 6.29. The summed E-state index contributed by atoms with van der Waals surface area (Å²) in [5.74, 6) is -0.535. The summed E-state index contributed by atoms with van der Waals surface area (Å²) in [6.45, 7) is 1.55. The van der Waals surface area contributed by atoms with Crippen molar-refractivity contribution in [1.29, 1.82) is 0 Å². The summed E-state index contributed by atoms with van der Waals surface area (Å²) in [4.78, 5) is 13.6. The predicted molar refractivity (Wildman–Crippen MR) is 49.4 cm³/mol. The third kappa shape index (κ3) is 1.58. The van der Waals surface area contributed by atoms with E-state index in [1.165, 1.54) is 17.4 Å². The van der Waals surface area contributed by atoms with E-state index in [4.69, 9.17) is 0 Å². The lowest BCUT2D eigenvalue weighted by Crippen LogP contribution is -2.27. The fraction of sp³-hybridized carbons (Fsp3) is 0.444. The zero-order valence-corrected chi connectivity index (χ0v) is 7.94. The van der Waals surface area contributed by atoms with Crippen LogP contribution < -0.4 is 0 Å². The fourth-order valence-electron chi connectivity index (χ4n) is 1.51. The highest BCUT2D eigenvalue weighted by Gasteiger charge is 2.22. The van der Waals surface area contributed by atoms with Gasteiger partial charge in [-0.25, -0.2) is 4.39 Å². The molecule has 1 aliphatic rings. The van der Waals surface area contributed by atoms with Crippen LogP contribution in [0.4, 0.5) is 4.39 Å². The van der Waals surface area contributed by atoms with Crippen LogP contribution in [0.1, 0.15) is 22.5 Å². The van der Waals surface area contributed by atoms with Crippen molar-refractivity contribution in [3.05, 3.63) is 22.1 Å². The Morgan fingerprint density at radius 3 is 2.69 bits per heavy atom. The minimum Gasteiger partial charge on any atom is -0.338 e. The van der Waals surface area contributed by atoms with E-state index in [1.807, 2.05) is 0 Å². The quantitative estimate of drug-likeness (QED) is 0.678. The maximum absolute atomic E-state index is 13.0. The van der Waals surface area contributed by atoms with Gasteiger partial charge in [0, 0.05) is 13.1 Å². The van der Waals surface area contributed by atoms with E-state index in [-0.39, 0.29) is 16.6 Å². The zero-order chi connectivity index (χ0) is 9.26. The van der Waals surface area contributed by atoms with Crippen molar-refractivity contribution in [3.63, 3.8) is 0 Å². The zero-order valence-electron chi connectivity index (χ0n) is 7.12. The number of halogens is 1. The van der Waals surface area contributed by atoms with E-state index in [9.17, 15) is 9.18 Å². The normalized spacial score (nSPS) is 16.5. The molecule has 1 aromatic rings. The lowest BCUT2D eigenvalue weighted by molar-refractivity contribution is 0.0793. The Morgan fingerprint density at radius 1 is 1.46 bits per heavy atom. The van der Waals surface area contributed by atoms with Gasteiger partial charge < -0.3 is 4.90 Å². The third-order valence-electron chi connectivity index (χ3n) is 2.20. The van der Waals surface area contributed by atoms with E-state index in [0.717, 1.165) is 25.9 Å². The molecule has 2 nitrogen and oxygen atoms in total. The number of amides is 1. The molecule has 70 valence electrons. The number of hydrogen-bond donors (Lipinski definition) is 0. The molecule has 0 atom stereocenters. The van der Waals surface area contributed by atoms with Crippen molar-refractivity contribution >= 4 is 17.2 Å². The van der Waals surface area contributed by atoms with Crippen LogP contribution in [0.15, 0.2) is 11.4 Å². The molecule has 0 spiro atoms. The van der Waals surface area contributed by atoms with Gasteiger partial charge in [0.2, 0.25) is 0 Å². The molecule has 0 N–H and O–H groups in total. The number of likely N-dealkylation sites (tertiary alicyclic amines) is 1. The summed E-state index contributed by atoms with van der Waals surface area (Å²) in [7, 11) is 0. The molecular weight excluding hydrogens is 189 g/mol. The molecule has 0 bridgehead atoms. The number of nitrogens with zero attached hydrogens (tertiary/aromatic N) is 1. The molecule has 0 aliphatic carbocycles. The van der Waals surface area contributed by atoms with Gasteiger partial charge in [-0.3, -0.25) is 4.79 Å². The lowest BCUT2D eigenvalue weighted by Gasteiger charge is -2.13. The Kier molecular flexibility index (Phi) is 2.31. The fourth-order valence-corrected chi connectivity index (χ4v) is 2.24. The average molecular weight is 199 g/mol. The molecule has 4 heteroatoms. The summed E-state index contributed by atoms with van der Waals surface area (Å²) in [6, 6.07) is 1.34. The Hall–Kier alpha value is -0.900. The summed E-state index contributed by atoms with van der Waals surface area (Å²) in [5, 5.41) is 1.61. The maximum atomic E-state index is 13.0. The summed E-state index contributed by atoms with van der Waals surface area (Å²) in [6.07, 6.45) is 2.08. The van der Waals surface area contributed by atoms with Crippen molar-refractivity contribution < 1.29 is 9.18 Å². The monoisotopic (exact) mass is 199 g/mol. The van der Waals surface area contributed by atoms with Crippen molar-refractivity contribution in [2.45, 2.75) is 12.8 Å². The van der Waals surface area contributed by atoms with Gasteiger partial charge in [0.25, 0.3) is 5.91 Å². The van der Waals surface area contributed by atoms with E-state index in [0.29, 0.717) is 0 Å². The minimum absolute atomic E-state index is 0.148. The standard InChI is InChI=1S/C9H10FNOS/c10-7-3-6-13-8(7)9(12)11-4-1-2-5-11/h3,6H,1-2,4-5H2.